The van der Waals surface area contributed by atoms with Crippen molar-refractivity contribution >= 4 is 28.7 Å². The Labute approximate surface area is 389 Å². The summed E-state index contributed by atoms with van der Waals surface area (Å²) in [6.07, 6.45) is 2.71. The number of aromatic amines is 1. The Balaban J connectivity index is 0.751. The fraction of sp³-hybridized carbons (Fsp3) is 0.321. The molecular weight excluding hydrogens is 851 g/mol. The van der Waals surface area contributed by atoms with E-state index in [1.807, 2.05) is 36.4 Å². The summed E-state index contributed by atoms with van der Waals surface area (Å²) in [4.78, 5) is 56.5. The topological polar surface area (TPSA) is 203 Å². The maximum absolute atomic E-state index is 13.8. The van der Waals surface area contributed by atoms with Crippen molar-refractivity contribution in [3.8, 4) is 11.5 Å². The number of hydrogen-bond acceptors (Lipinski definition) is 11. The van der Waals surface area contributed by atoms with Crippen molar-refractivity contribution in [1.29, 1.82) is 0 Å². The summed E-state index contributed by atoms with van der Waals surface area (Å²) in [5.74, 6) is -0.886. The number of phenols is 1. The molecule has 348 valence electrons. The summed E-state index contributed by atoms with van der Waals surface area (Å²) < 4.78 is 11.7. The molecule has 0 radical (unpaired) electrons. The standard InChI is InChI=1S/C53H57N5O9/c59-46-20-18-44(45-19-21-48(61)57-50(45)46)47(60)31-54-25-22-35-14-16-38(17-15-35)51(63)56-42-29-41(30-42)55-49(62)34-66-43-13-7-12-40(28-43)53(65,39-10-5-2-6-11-39)52(64)67-33-37-23-26-58(27-24-37)32-36-8-3-1-4-9-36/h1-21,28,37,41-42,47,54,59-60,65H,22-27,29-34H2,(H,55,62)(H,56,63)(H,57,61)/t41?,42?,47-,53?/m0/s1. The lowest BCUT2D eigenvalue weighted by Gasteiger charge is -2.36. The van der Waals surface area contributed by atoms with Gasteiger partial charge in [-0.3, -0.25) is 19.3 Å². The van der Waals surface area contributed by atoms with Crippen LogP contribution in [0.15, 0.2) is 138 Å². The third kappa shape index (κ3) is 11.8. The van der Waals surface area contributed by atoms with Gasteiger partial charge in [-0.15, -0.1) is 0 Å². The van der Waals surface area contributed by atoms with Crippen LogP contribution in [0.25, 0.3) is 10.9 Å². The number of benzene rings is 5. The lowest BCUT2D eigenvalue weighted by molar-refractivity contribution is -0.164. The van der Waals surface area contributed by atoms with Gasteiger partial charge in [0, 0.05) is 47.8 Å². The van der Waals surface area contributed by atoms with Crippen LogP contribution in [0.5, 0.6) is 11.5 Å². The van der Waals surface area contributed by atoms with E-state index < -0.39 is 17.7 Å². The van der Waals surface area contributed by atoms with Crippen LogP contribution in [0.2, 0.25) is 0 Å². The van der Waals surface area contributed by atoms with Crippen molar-refractivity contribution in [2.75, 3.05) is 39.4 Å². The number of rotatable bonds is 19. The van der Waals surface area contributed by atoms with Gasteiger partial charge in [0.1, 0.15) is 11.5 Å². The summed E-state index contributed by atoms with van der Waals surface area (Å²) in [6.45, 7) is 3.44. The maximum atomic E-state index is 13.8. The van der Waals surface area contributed by atoms with Crippen LogP contribution in [0, 0.1) is 5.92 Å². The molecule has 2 amide bonds. The minimum Gasteiger partial charge on any atom is -0.506 e. The van der Waals surface area contributed by atoms with Gasteiger partial charge in [0.15, 0.2) is 6.61 Å². The van der Waals surface area contributed by atoms with E-state index in [9.17, 15) is 34.5 Å². The summed E-state index contributed by atoms with van der Waals surface area (Å²) >= 11 is 0. The van der Waals surface area contributed by atoms with Crippen molar-refractivity contribution in [3.63, 3.8) is 0 Å². The highest BCUT2D eigenvalue weighted by atomic mass is 16.5. The van der Waals surface area contributed by atoms with Gasteiger partial charge in [0.25, 0.3) is 11.8 Å². The molecule has 0 spiro atoms. The molecule has 6 aromatic rings. The highest BCUT2D eigenvalue weighted by Gasteiger charge is 2.42. The molecule has 14 heteroatoms. The number of nitrogens with one attached hydrogen (secondary N) is 4. The molecule has 0 bridgehead atoms. The molecule has 2 atom stereocenters. The second kappa shape index (κ2) is 21.6. The van der Waals surface area contributed by atoms with Crippen LogP contribution in [0.3, 0.4) is 0 Å². The first-order chi connectivity index (χ1) is 32.5. The molecule has 1 unspecified atom stereocenters. The lowest BCUT2D eigenvalue weighted by Crippen LogP contribution is -2.54. The SMILES string of the molecule is O=C(COc1cccc(C(O)(C(=O)OCC2CCN(Cc3ccccc3)CC2)c2ccccc2)c1)NC1CC(NC(=O)c2ccc(CCNC[C@H](O)c3ccc(O)c4[nH]c(=O)ccc34)cc2)C1. The minimum atomic E-state index is -2.10. The highest BCUT2D eigenvalue weighted by Crippen LogP contribution is 2.34. The number of aliphatic hydroxyl groups is 2. The van der Waals surface area contributed by atoms with Crippen molar-refractivity contribution < 1.29 is 39.2 Å². The predicted octanol–water partition coefficient (Wildman–Crippen LogP) is 5.25. The number of aromatic hydroxyl groups is 1. The Morgan fingerprint density at radius 3 is 2.24 bits per heavy atom. The van der Waals surface area contributed by atoms with Gasteiger partial charge in [-0.2, -0.15) is 0 Å². The van der Waals surface area contributed by atoms with Crippen LogP contribution in [-0.2, 0) is 32.9 Å². The number of carbonyl (C=O) groups is 3. The predicted molar refractivity (Wildman–Crippen MR) is 253 cm³/mol. The van der Waals surface area contributed by atoms with E-state index in [1.165, 1.54) is 17.7 Å². The summed E-state index contributed by atoms with van der Waals surface area (Å²) in [6, 6.07) is 38.7. The number of pyridine rings is 1. The van der Waals surface area contributed by atoms with Crippen LogP contribution in [-0.4, -0.2) is 94.5 Å². The zero-order valence-corrected chi connectivity index (χ0v) is 37.2. The quantitative estimate of drug-likeness (QED) is 0.0414. The number of nitrogens with zero attached hydrogens (tertiary/aromatic N) is 1. The number of fused-ring (bicyclic) bond motifs is 1. The van der Waals surface area contributed by atoms with Gasteiger partial charge in [-0.25, -0.2) is 4.79 Å². The summed E-state index contributed by atoms with van der Waals surface area (Å²) in [5, 5.41) is 42.9. The van der Waals surface area contributed by atoms with E-state index in [4.69, 9.17) is 9.47 Å². The first-order valence-electron chi connectivity index (χ1n) is 22.9. The third-order valence-corrected chi connectivity index (χ3v) is 12.8. The molecule has 1 aliphatic carbocycles. The molecule has 1 aromatic heterocycles. The van der Waals surface area contributed by atoms with Crippen LogP contribution in [0.1, 0.15) is 70.0 Å². The molecule has 67 heavy (non-hydrogen) atoms. The lowest BCUT2D eigenvalue weighted by atomic mass is 9.86. The zero-order valence-electron chi connectivity index (χ0n) is 37.2. The average molecular weight is 908 g/mol. The summed E-state index contributed by atoms with van der Waals surface area (Å²) in [7, 11) is 0. The number of esters is 1. The molecular formula is C53H57N5O9. The molecule has 14 nitrogen and oxygen atoms in total. The number of amides is 2. The first-order valence-corrected chi connectivity index (χ1v) is 22.9. The molecule has 2 fully saturated rings. The second-order valence-electron chi connectivity index (χ2n) is 17.6. The minimum absolute atomic E-state index is 0.0626. The maximum Gasteiger partial charge on any atom is 0.347 e. The van der Waals surface area contributed by atoms with E-state index in [2.05, 4.69) is 38.0 Å². The fourth-order valence-electron chi connectivity index (χ4n) is 8.84. The molecule has 8 rings (SSSR count). The number of H-pyrrole nitrogens is 1. The molecule has 7 N–H and O–H groups in total. The zero-order chi connectivity index (χ0) is 46.8. The van der Waals surface area contributed by atoms with Gasteiger partial charge >= 0.3 is 5.97 Å². The van der Waals surface area contributed by atoms with Crippen LogP contribution in [0.4, 0.5) is 0 Å². The Hall–Kier alpha value is -6.84. The molecule has 2 heterocycles. The molecule has 1 saturated heterocycles. The Morgan fingerprint density at radius 2 is 1.49 bits per heavy atom. The van der Waals surface area contributed by atoms with Gasteiger partial charge in [0.05, 0.1) is 18.2 Å². The van der Waals surface area contributed by atoms with E-state index in [0.29, 0.717) is 53.6 Å². The van der Waals surface area contributed by atoms with Gasteiger partial charge < -0.3 is 45.7 Å². The van der Waals surface area contributed by atoms with Gasteiger partial charge in [-0.05, 0) is 116 Å². The van der Waals surface area contributed by atoms with Crippen LogP contribution >= 0.6 is 0 Å². The molecule has 5 aromatic carbocycles. The normalized spacial score (nSPS) is 17.7. The third-order valence-electron chi connectivity index (χ3n) is 12.8. The van der Waals surface area contributed by atoms with Crippen molar-refractivity contribution in [2.45, 2.75) is 62.4 Å². The monoisotopic (exact) mass is 907 g/mol. The summed E-state index contributed by atoms with van der Waals surface area (Å²) in [5.41, 5.74) is 1.86. The van der Waals surface area contributed by atoms with Crippen molar-refractivity contribution in [2.24, 2.45) is 5.92 Å². The Morgan fingerprint density at radius 1 is 0.791 bits per heavy atom. The van der Waals surface area contributed by atoms with Crippen molar-refractivity contribution in [3.05, 3.63) is 177 Å². The molecule has 1 saturated carbocycles. The first kappa shape index (κ1) is 46.7. The number of likely N-dealkylation sites (tertiary alicyclic amines) is 1. The number of carbonyl (C=O) groups excluding carboxylic acids is 3. The van der Waals surface area contributed by atoms with Gasteiger partial charge in [0.2, 0.25) is 11.2 Å². The Kier molecular flexibility index (Phi) is 15.1. The smallest absolute Gasteiger partial charge is 0.347 e. The van der Waals surface area contributed by atoms with E-state index in [-0.39, 0.29) is 72.0 Å². The number of hydrogen-bond donors (Lipinski definition) is 7. The number of aromatic nitrogens is 1. The number of aliphatic hydroxyl groups excluding tert-OH is 1. The second-order valence-corrected chi connectivity index (χ2v) is 17.6. The largest absolute Gasteiger partial charge is 0.506 e. The fourth-order valence-corrected chi connectivity index (χ4v) is 8.84. The Bertz CT molecular complexity index is 2680. The number of ether oxygens (including phenoxy) is 2. The van der Waals surface area contributed by atoms with E-state index >= 15 is 0 Å². The molecule has 2 aliphatic rings. The van der Waals surface area contributed by atoms with Gasteiger partial charge in [-0.1, -0.05) is 91.0 Å². The average Bonchev–Trinajstić information content (AvgIpc) is 3.34. The number of phenolic OH excluding ortho intramolecular Hbond substituents is 1. The van der Waals surface area contributed by atoms with E-state index in [0.717, 1.165) is 38.0 Å². The number of piperidine rings is 1. The van der Waals surface area contributed by atoms with Crippen LogP contribution < -0.4 is 26.2 Å². The van der Waals surface area contributed by atoms with E-state index in [1.54, 1.807) is 72.8 Å². The van der Waals surface area contributed by atoms with Crippen molar-refractivity contribution in [1.82, 2.24) is 25.8 Å². The highest BCUT2D eigenvalue weighted by molar-refractivity contribution is 5.94. The molecule has 1 aliphatic heterocycles.